The van der Waals surface area contributed by atoms with E-state index in [1.54, 1.807) is 23.9 Å². The van der Waals surface area contributed by atoms with Crippen molar-refractivity contribution in [1.29, 1.82) is 0 Å². The Labute approximate surface area is 126 Å². The number of rotatable bonds is 6. The average Bonchev–Trinajstić information content (AvgIpc) is 2.48. The van der Waals surface area contributed by atoms with Gasteiger partial charge in [0.25, 0.3) is 0 Å². The summed E-state index contributed by atoms with van der Waals surface area (Å²) in [6.45, 7) is 2.31. The van der Waals surface area contributed by atoms with E-state index in [0.717, 1.165) is 22.5 Å². The minimum absolute atomic E-state index is 0.139. The second-order valence-electron chi connectivity index (χ2n) is 5.86. The van der Waals surface area contributed by atoms with Crippen LogP contribution in [0.5, 0.6) is 0 Å². The van der Waals surface area contributed by atoms with Gasteiger partial charge in [-0.2, -0.15) is 0 Å². The second kappa shape index (κ2) is 8.04. The van der Waals surface area contributed by atoms with Gasteiger partial charge in [-0.15, -0.1) is 11.8 Å². The molecule has 0 bridgehead atoms. The Kier molecular flexibility index (Phi) is 6.37. The molecule has 1 aliphatic carbocycles. The highest BCUT2D eigenvalue weighted by atomic mass is 32.2. The van der Waals surface area contributed by atoms with Crippen molar-refractivity contribution in [1.82, 2.24) is 5.32 Å². The van der Waals surface area contributed by atoms with Gasteiger partial charge in [0, 0.05) is 16.7 Å². The van der Waals surface area contributed by atoms with Gasteiger partial charge in [0.05, 0.1) is 0 Å². The second-order valence-corrected chi connectivity index (χ2v) is 6.96. The first-order chi connectivity index (χ1) is 9.72. The Bertz CT molecular complexity index is 410. The largest absolute Gasteiger partial charge is 0.316 e. The Hall–Kier alpha value is -0.540. The van der Waals surface area contributed by atoms with Gasteiger partial charge in [-0.3, -0.25) is 0 Å². The third kappa shape index (κ3) is 4.49. The van der Waals surface area contributed by atoms with Crippen molar-refractivity contribution in [2.24, 2.45) is 11.8 Å². The van der Waals surface area contributed by atoms with Crippen LogP contribution in [0.15, 0.2) is 29.2 Å². The molecule has 1 saturated carbocycles. The monoisotopic (exact) mass is 295 g/mol. The molecule has 0 spiro atoms. The predicted octanol–water partition coefficient (Wildman–Crippen LogP) is 4.72. The van der Waals surface area contributed by atoms with Crippen molar-refractivity contribution in [3.8, 4) is 0 Å². The summed E-state index contributed by atoms with van der Waals surface area (Å²) in [6, 6.07) is 7.47. The van der Waals surface area contributed by atoms with Crippen LogP contribution in [0.4, 0.5) is 4.39 Å². The van der Waals surface area contributed by atoms with Crippen molar-refractivity contribution in [3.63, 3.8) is 0 Å². The zero-order chi connectivity index (χ0) is 14.4. The van der Waals surface area contributed by atoms with Crippen LogP contribution in [-0.2, 0) is 0 Å². The molecule has 1 N–H and O–H groups in total. The highest BCUT2D eigenvalue weighted by molar-refractivity contribution is 7.99. The zero-order valence-corrected chi connectivity index (χ0v) is 13.4. The molecule has 112 valence electrons. The van der Waals surface area contributed by atoms with Crippen LogP contribution in [0.25, 0.3) is 0 Å². The molecule has 20 heavy (non-hydrogen) atoms. The maximum Gasteiger partial charge on any atom is 0.124 e. The molecular formula is C17H26FNS. The number of thioether (sulfide) groups is 1. The SMILES string of the molecule is CCC1CCCC(C(CSc2cccc(F)c2)NC)C1. The van der Waals surface area contributed by atoms with Gasteiger partial charge in [-0.1, -0.05) is 32.3 Å². The molecule has 2 rings (SSSR count). The summed E-state index contributed by atoms with van der Waals surface area (Å²) in [5, 5.41) is 3.49. The normalized spacial score (nSPS) is 24.6. The molecule has 0 amide bonds. The van der Waals surface area contributed by atoms with Crippen LogP contribution in [0.3, 0.4) is 0 Å². The van der Waals surface area contributed by atoms with Gasteiger partial charge in [0.1, 0.15) is 5.82 Å². The number of halogens is 1. The third-order valence-corrected chi connectivity index (χ3v) is 5.68. The van der Waals surface area contributed by atoms with E-state index in [2.05, 4.69) is 19.3 Å². The highest BCUT2D eigenvalue weighted by Crippen LogP contribution is 2.34. The molecule has 3 unspecified atom stereocenters. The van der Waals surface area contributed by atoms with Crippen LogP contribution in [0, 0.1) is 17.7 Å². The van der Waals surface area contributed by atoms with Gasteiger partial charge in [0.15, 0.2) is 0 Å². The number of nitrogens with one attached hydrogen (secondary N) is 1. The maximum absolute atomic E-state index is 13.2. The predicted molar refractivity (Wildman–Crippen MR) is 85.7 cm³/mol. The number of hydrogen-bond donors (Lipinski definition) is 1. The molecule has 1 nitrogen and oxygen atoms in total. The molecule has 1 fully saturated rings. The fourth-order valence-electron chi connectivity index (χ4n) is 3.27. The van der Waals surface area contributed by atoms with Crippen LogP contribution in [0.2, 0.25) is 0 Å². The molecule has 0 heterocycles. The molecule has 3 heteroatoms. The summed E-state index contributed by atoms with van der Waals surface area (Å²) in [4.78, 5) is 1.04. The van der Waals surface area contributed by atoms with Crippen LogP contribution < -0.4 is 5.32 Å². The molecule has 0 radical (unpaired) electrons. The van der Waals surface area contributed by atoms with Crippen LogP contribution in [-0.4, -0.2) is 18.8 Å². The summed E-state index contributed by atoms with van der Waals surface area (Å²) in [7, 11) is 2.06. The van der Waals surface area contributed by atoms with Gasteiger partial charge in [-0.05, 0) is 49.9 Å². The van der Waals surface area contributed by atoms with Crippen LogP contribution >= 0.6 is 11.8 Å². The Morgan fingerprint density at radius 2 is 2.25 bits per heavy atom. The fourth-order valence-corrected chi connectivity index (χ4v) is 4.45. The zero-order valence-electron chi connectivity index (χ0n) is 12.6. The Balaban J connectivity index is 1.88. The third-order valence-electron chi connectivity index (χ3n) is 4.57. The van der Waals surface area contributed by atoms with Gasteiger partial charge in [-0.25, -0.2) is 4.39 Å². The van der Waals surface area contributed by atoms with Gasteiger partial charge >= 0.3 is 0 Å². The minimum atomic E-state index is -0.139. The quantitative estimate of drug-likeness (QED) is 0.762. The molecule has 3 atom stereocenters. The van der Waals surface area contributed by atoms with E-state index in [4.69, 9.17) is 0 Å². The van der Waals surface area contributed by atoms with Crippen molar-refractivity contribution in [3.05, 3.63) is 30.1 Å². The van der Waals surface area contributed by atoms with E-state index < -0.39 is 0 Å². The first-order valence-corrected chi connectivity index (χ1v) is 8.77. The Morgan fingerprint density at radius 3 is 2.95 bits per heavy atom. The average molecular weight is 295 g/mol. The lowest BCUT2D eigenvalue weighted by molar-refractivity contribution is 0.223. The fraction of sp³-hybridized carbons (Fsp3) is 0.647. The van der Waals surface area contributed by atoms with Crippen molar-refractivity contribution < 1.29 is 4.39 Å². The lowest BCUT2D eigenvalue weighted by Crippen LogP contribution is -2.38. The van der Waals surface area contributed by atoms with Crippen molar-refractivity contribution in [2.75, 3.05) is 12.8 Å². The molecule has 0 aromatic heterocycles. The number of hydrogen-bond acceptors (Lipinski definition) is 2. The van der Waals surface area contributed by atoms with Gasteiger partial charge in [0.2, 0.25) is 0 Å². The molecule has 1 aromatic carbocycles. The van der Waals surface area contributed by atoms with E-state index in [-0.39, 0.29) is 5.82 Å². The topological polar surface area (TPSA) is 12.0 Å². The smallest absolute Gasteiger partial charge is 0.124 e. The number of benzene rings is 1. The minimum Gasteiger partial charge on any atom is -0.316 e. The lowest BCUT2D eigenvalue weighted by atomic mass is 9.77. The van der Waals surface area contributed by atoms with Crippen molar-refractivity contribution in [2.45, 2.75) is 50.0 Å². The first kappa shape index (κ1) is 15.8. The molecule has 1 aromatic rings. The molecular weight excluding hydrogens is 269 g/mol. The summed E-state index contributed by atoms with van der Waals surface area (Å²) < 4.78 is 13.2. The van der Waals surface area contributed by atoms with Crippen molar-refractivity contribution >= 4 is 11.8 Å². The maximum atomic E-state index is 13.2. The Morgan fingerprint density at radius 1 is 1.40 bits per heavy atom. The summed E-state index contributed by atoms with van der Waals surface area (Å²) >= 11 is 1.77. The summed E-state index contributed by atoms with van der Waals surface area (Å²) in [5.41, 5.74) is 0. The van der Waals surface area contributed by atoms with Gasteiger partial charge < -0.3 is 5.32 Å². The molecule has 1 aliphatic rings. The highest BCUT2D eigenvalue weighted by Gasteiger charge is 2.26. The first-order valence-electron chi connectivity index (χ1n) is 7.78. The summed E-state index contributed by atoms with van der Waals surface area (Å²) in [5.74, 6) is 2.57. The van der Waals surface area contributed by atoms with E-state index in [9.17, 15) is 4.39 Å². The van der Waals surface area contributed by atoms with E-state index in [1.165, 1.54) is 38.2 Å². The lowest BCUT2D eigenvalue weighted by Gasteiger charge is -2.34. The van der Waals surface area contributed by atoms with E-state index in [1.807, 2.05) is 6.07 Å². The standard InChI is InChI=1S/C17H26FNS/c1-3-13-6-4-7-14(10-13)17(19-2)12-20-16-9-5-8-15(18)11-16/h5,8-9,11,13-14,17,19H,3-4,6-7,10,12H2,1-2H3. The molecule has 0 aliphatic heterocycles. The summed E-state index contributed by atoms with van der Waals surface area (Å²) in [6.07, 6.45) is 6.77. The molecule has 0 saturated heterocycles. The van der Waals surface area contributed by atoms with E-state index >= 15 is 0 Å². The van der Waals surface area contributed by atoms with Crippen LogP contribution in [0.1, 0.15) is 39.0 Å². The van der Waals surface area contributed by atoms with E-state index in [0.29, 0.717) is 6.04 Å².